The molecule has 1 atom stereocenters. The third-order valence-electron chi connectivity index (χ3n) is 5.13. The van der Waals surface area contributed by atoms with E-state index in [2.05, 4.69) is 44.7 Å². The van der Waals surface area contributed by atoms with E-state index in [0.29, 0.717) is 12.5 Å². The van der Waals surface area contributed by atoms with Crippen LogP contribution in [0.5, 0.6) is 0 Å². The molecule has 1 unspecified atom stereocenters. The number of carboxylic acid groups (broad SMARTS) is 2. The van der Waals surface area contributed by atoms with Gasteiger partial charge in [0.25, 0.3) is 0 Å². The van der Waals surface area contributed by atoms with E-state index >= 15 is 0 Å². The number of aryl methyl sites for hydroxylation is 1. The van der Waals surface area contributed by atoms with Crippen LogP contribution in [-0.2, 0) is 40.6 Å². The van der Waals surface area contributed by atoms with E-state index in [0.717, 1.165) is 44.3 Å². The summed E-state index contributed by atoms with van der Waals surface area (Å²) in [6.07, 6.45) is -4.37. The van der Waals surface area contributed by atoms with E-state index in [1.54, 1.807) is 0 Å². The number of thiophene rings is 1. The molecule has 9 nitrogen and oxygen atoms in total. The fraction of sp³-hybridized carbons (Fsp3) is 0.417. The molecule has 1 aliphatic rings. The van der Waals surface area contributed by atoms with Gasteiger partial charge in [0.2, 0.25) is 0 Å². The molecule has 0 amide bonds. The van der Waals surface area contributed by atoms with Crippen molar-refractivity contribution in [2.45, 2.75) is 45.5 Å². The van der Waals surface area contributed by atoms with Crippen LogP contribution in [0.1, 0.15) is 21.3 Å². The maximum absolute atomic E-state index is 10.6. The number of aliphatic carboxylic acids is 2. The van der Waals surface area contributed by atoms with E-state index in [1.165, 1.54) is 9.75 Å². The summed E-state index contributed by atoms with van der Waals surface area (Å²) in [5, 5.41) is 14.2. The summed E-state index contributed by atoms with van der Waals surface area (Å²) in [5.41, 5.74) is 0.982. The van der Waals surface area contributed by atoms with Crippen LogP contribution in [0.3, 0.4) is 0 Å². The maximum Gasteiger partial charge on any atom is 0.490 e. The van der Waals surface area contributed by atoms with Crippen molar-refractivity contribution in [1.29, 1.82) is 0 Å². The Hall–Kier alpha value is -3.50. The quantitative estimate of drug-likeness (QED) is 0.391. The Balaban J connectivity index is 0.000000333. The average molecular weight is 597 g/mol. The van der Waals surface area contributed by atoms with Crippen molar-refractivity contribution in [1.82, 2.24) is 19.4 Å². The topological polar surface area (TPSA) is 118 Å². The van der Waals surface area contributed by atoms with Gasteiger partial charge in [0, 0.05) is 53.9 Å². The van der Waals surface area contributed by atoms with Gasteiger partial charge in [0.15, 0.2) is 0 Å². The molecule has 3 aromatic rings. The first-order valence-corrected chi connectivity index (χ1v) is 12.3. The molecular formula is C24H26F6N4O5S. The van der Waals surface area contributed by atoms with E-state index in [4.69, 9.17) is 24.5 Å². The Morgan fingerprint density at radius 1 is 1.00 bits per heavy atom. The van der Waals surface area contributed by atoms with Crippen molar-refractivity contribution in [2.24, 2.45) is 5.92 Å². The molecule has 0 spiro atoms. The van der Waals surface area contributed by atoms with Crippen LogP contribution in [0.15, 0.2) is 48.9 Å². The maximum atomic E-state index is 10.6. The molecule has 2 N–H and O–H groups in total. The number of halogens is 6. The van der Waals surface area contributed by atoms with Crippen molar-refractivity contribution in [3.63, 3.8) is 0 Å². The Kier molecular flexibility index (Phi) is 12.1. The van der Waals surface area contributed by atoms with E-state index in [9.17, 15) is 26.3 Å². The molecule has 3 aromatic heterocycles. The van der Waals surface area contributed by atoms with Gasteiger partial charge in [-0.2, -0.15) is 26.3 Å². The highest BCUT2D eigenvalue weighted by atomic mass is 32.1. The Morgan fingerprint density at radius 2 is 1.65 bits per heavy atom. The Bertz CT molecular complexity index is 1190. The standard InChI is InChI=1S/C20H24N4OS.2C2HF3O2/c1-16-5-6-19(26-16)12-23-10-17(11-24-9-8-22-20(24)13-23)14-25-15-18-4-2-3-7-21-18;2*3-2(4,5)1(6)7/h2-9,17H,10-15H2,1H3;2*(H,6,7). The zero-order valence-corrected chi connectivity index (χ0v) is 21.8. The van der Waals surface area contributed by atoms with Gasteiger partial charge in [-0.05, 0) is 31.2 Å². The fourth-order valence-corrected chi connectivity index (χ4v) is 4.39. The summed E-state index contributed by atoms with van der Waals surface area (Å²) in [4.78, 5) is 31.9. The van der Waals surface area contributed by atoms with Gasteiger partial charge in [-0.1, -0.05) is 6.07 Å². The van der Waals surface area contributed by atoms with Gasteiger partial charge in [0.05, 0.1) is 25.5 Å². The summed E-state index contributed by atoms with van der Waals surface area (Å²) < 4.78 is 71.7. The molecule has 40 heavy (non-hydrogen) atoms. The van der Waals surface area contributed by atoms with Crippen LogP contribution in [0.25, 0.3) is 0 Å². The number of hydrogen-bond donors (Lipinski definition) is 2. The number of carbonyl (C=O) groups is 2. The summed E-state index contributed by atoms with van der Waals surface area (Å²) in [6.45, 7) is 7.30. The lowest BCUT2D eigenvalue weighted by molar-refractivity contribution is -0.193. The Morgan fingerprint density at radius 3 is 2.17 bits per heavy atom. The van der Waals surface area contributed by atoms with Gasteiger partial charge in [-0.15, -0.1) is 11.3 Å². The van der Waals surface area contributed by atoms with E-state index in [1.807, 2.05) is 41.9 Å². The largest absolute Gasteiger partial charge is 0.490 e. The van der Waals surface area contributed by atoms with Gasteiger partial charge in [-0.3, -0.25) is 9.88 Å². The number of ether oxygens (including phenoxy) is 1. The Labute approximate surface area is 228 Å². The summed E-state index contributed by atoms with van der Waals surface area (Å²) in [6, 6.07) is 10.4. The molecule has 16 heteroatoms. The molecule has 0 fully saturated rings. The molecule has 0 bridgehead atoms. The number of nitrogens with zero attached hydrogens (tertiary/aromatic N) is 4. The SMILES string of the molecule is Cc1ccc(CN2Cc3nccn3CC(COCc3ccccn3)C2)s1.O=C(O)C(F)(F)F.O=C(O)C(F)(F)F. The molecule has 0 saturated carbocycles. The highest BCUT2D eigenvalue weighted by Gasteiger charge is 2.38. The normalized spacial score (nSPS) is 15.5. The van der Waals surface area contributed by atoms with Crippen molar-refractivity contribution >= 4 is 23.3 Å². The third kappa shape index (κ3) is 11.7. The summed E-state index contributed by atoms with van der Waals surface area (Å²) in [5.74, 6) is -3.93. The highest BCUT2D eigenvalue weighted by molar-refractivity contribution is 7.11. The zero-order valence-electron chi connectivity index (χ0n) is 21.0. The minimum atomic E-state index is -5.08. The zero-order chi connectivity index (χ0) is 29.9. The van der Waals surface area contributed by atoms with Crippen molar-refractivity contribution < 1.29 is 50.9 Å². The molecule has 0 aromatic carbocycles. The summed E-state index contributed by atoms with van der Waals surface area (Å²) >= 11 is 1.88. The number of fused-ring (bicyclic) bond motifs is 1. The number of rotatable bonds is 6. The number of imidazole rings is 1. The van der Waals surface area contributed by atoms with Crippen LogP contribution >= 0.6 is 11.3 Å². The van der Waals surface area contributed by atoms with Gasteiger partial charge < -0.3 is 19.5 Å². The second kappa shape index (κ2) is 14.8. The van der Waals surface area contributed by atoms with Crippen LogP contribution in [0, 0.1) is 12.8 Å². The predicted molar refractivity (Wildman–Crippen MR) is 130 cm³/mol. The van der Waals surface area contributed by atoms with Crippen molar-refractivity contribution in [3.05, 3.63) is 70.2 Å². The van der Waals surface area contributed by atoms with Crippen molar-refractivity contribution in [3.8, 4) is 0 Å². The van der Waals surface area contributed by atoms with Crippen LogP contribution in [0.2, 0.25) is 0 Å². The lowest BCUT2D eigenvalue weighted by Gasteiger charge is -2.23. The molecule has 220 valence electrons. The number of pyridine rings is 1. The molecule has 0 radical (unpaired) electrons. The number of hydrogen-bond acceptors (Lipinski definition) is 7. The average Bonchev–Trinajstić information content (AvgIpc) is 3.43. The molecule has 4 heterocycles. The minimum absolute atomic E-state index is 0.440. The third-order valence-corrected chi connectivity index (χ3v) is 6.11. The van der Waals surface area contributed by atoms with Crippen LogP contribution < -0.4 is 0 Å². The highest BCUT2D eigenvalue weighted by Crippen LogP contribution is 2.22. The van der Waals surface area contributed by atoms with Gasteiger partial charge in [0.1, 0.15) is 5.82 Å². The predicted octanol–water partition coefficient (Wildman–Crippen LogP) is 4.76. The van der Waals surface area contributed by atoms with Gasteiger partial charge in [-0.25, -0.2) is 14.6 Å². The second-order valence-electron chi connectivity index (χ2n) is 8.49. The fourth-order valence-electron chi connectivity index (χ4n) is 3.45. The molecule has 1 aliphatic heterocycles. The molecule has 4 rings (SSSR count). The number of carboxylic acids is 2. The van der Waals surface area contributed by atoms with E-state index in [-0.39, 0.29) is 0 Å². The lowest BCUT2D eigenvalue weighted by Crippen LogP contribution is -2.29. The molecule has 0 saturated heterocycles. The summed E-state index contributed by atoms with van der Waals surface area (Å²) in [7, 11) is 0. The first kappa shape index (κ1) is 32.7. The minimum Gasteiger partial charge on any atom is -0.475 e. The smallest absolute Gasteiger partial charge is 0.475 e. The van der Waals surface area contributed by atoms with E-state index < -0.39 is 24.3 Å². The number of alkyl halides is 6. The lowest BCUT2D eigenvalue weighted by atomic mass is 10.1. The second-order valence-corrected chi connectivity index (χ2v) is 9.86. The number of aromatic nitrogens is 3. The first-order chi connectivity index (χ1) is 18.6. The van der Waals surface area contributed by atoms with Gasteiger partial charge >= 0.3 is 24.3 Å². The molecule has 0 aliphatic carbocycles. The van der Waals surface area contributed by atoms with Crippen LogP contribution in [-0.4, -0.2) is 67.1 Å². The van der Waals surface area contributed by atoms with Crippen molar-refractivity contribution in [2.75, 3.05) is 13.2 Å². The first-order valence-electron chi connectivity index (χ1n) is 11.5. The van der Waals surface area contributed by atoms with Crippen LogP contribution in [0.4, 0.5) is 26.3 Å². The monoisotopic (exact) mass is 596 g/mol. The molecular weight excluding hydrogens is 570 g/mol.